The van der Waals surface area contributed by atoms with Gasteiger partial charge in [-0.1, -0.05) is 30.3 Å². The first-order chi connectivity index (χ1) is 15.2. The second-order valence-corrected chi connectivity index (χ2v) is 8.42. The second kappa shape index (κ2) is 10.1. The molecule has 0 aromatic heterocycles. The van der Waals surface area contributed by atoms with E-state index < -0.39 is 0 Å². The average Bonchev–Trinajstić information content (AvgIpc) is 2.82. The number of halogens is 1. The smallest absolute Gasteiger partial charge is 0.193 e. The van der Waals surface area contributed by atoms with Crippen molar-refractivity contribution < 1.29 is 13.9 Å². The van der Waals surface area contributed by atoms with Crippen LogP contribution >= 0.6 is 0 Å². The molecule has 0 spiro atoms. The van der Waals surface area contributed by atoms with Crippen molar-refractivity contribution in [3.63, 3.8) is 0 Å². The maximum atomic E-state index is 13.9. The lowest BCUT2D eigenvalue weighted by molar-refractivity contribution is 0.0508. The van der Waals surface area contributed by atoms with E-state index in [1.54, 1.807) is 12.1 Å². The topological polar surface area (TPSA) is 46.1 Å². The molecule has 0 saturated carbocycles. The highest BCUT2D eigenvalue weighted by atomic mass is 19.1. The summed E-state index contributed by atoms with van der Waals surface area (Å²) in [4.78, 5) is 6.83. The molecular formula is C25H32FN3O2. The van der Waals surface area contributed by atoms with Crippen molar-refractivity contribution in [2.75, 3.05) is 39.9 Å². The molecule has 0 unspecified atom stereocenters. The molecule has 0 amide bonds. The van der Waals surface area contributed by atoms with E-state index in [4.69, 9.17) is 9.47 Å². The van der Waals surface area contributed by atoms with Crippen molar-refractivity contribution >= 4 is 5.96 Å². The van der Waals surface area contributed by atoms with Crippen molar-refractivity contribution in [1.82, 2.24) is 10.2 Å². The molecule has 1 N–H and O–H groups in total. The quantitative estimate of drug-likeness (QED) is 0.581. The van der Waals surface area contributed by atoms with Gasteiger partial charge >= 0.3 is 0 Å². The number of aliphatic imine (C=N–C) groups is 1. The van der Waals surface area contributed by atoms with Gasteiger partial charge in [-0.25, -0.2) is 4.39 Å². The first-order valence-corrected chi connectivity index (χ1v) is 11.2. The predicted octanol–water partition coefficient (Wildman–Crippen LogP) is 3.99. The van der Waals surface area contributed by atoms with Crippen LogP contribution in [-0.4, -0.2) is 56.9 Å². The summed E-state index contributed by atoms with van der Waals surface area (Å²) in [6.07, 6.45) is 3.88. The largest absolute Gasteiger partial charge is 0.490 e. The van der Waals surface area contributed by atoms with Crippen LogP contribution in [-0.2, 0) is 10.2 Å². The first kappa shape index (κ1) is 21.6. The highest BCUT2D eigenvalue weighted by Gasteiger charge is 2.35. The van der Waals surface area contributed by atoms with Gasteiger partial charge in [0.1, 0.15) is 17.7 Å². The van der Waals surface area contributed by atoms with Gasteiger partial charge in [-0.3, -0.25) is 4.99 Å². The minimum absolute atomic E-state index is 0.148. The zero-order chi connectivity index (χ0) is 21.5. The van der Waals surface area contributed by atoms with Gasteiger partial charge in [0.05, 0.1) is 0 Å². The number of nitrogens with one attached hydrogen (secondary N) is 1. The number of piperidine rings is 1. The van der Waals surface area contributed by atoms with E-state index in [9.17, 15) is 4.39 Å². The molecule has 6 heteroatoms. The fraction of sp³-hybridized carbons (Fsp3) is 0.480. The lowest BCUT2D eigenvalue weighted by Gasteiger charge is -2.40. The van der Waals surface area contributed by atoms with Gasteiger partial charge in [0.2, 0.25) is 0 Å². The number of benzene rings is 2. The predicted molar refractivity (Wildman–Crippen MR) is 121 cm³/mol. The first-order valence-electron chi connectivity index (χ1n) is 11.2. The number of guanidine groups is 1. The van der Waals surface area contributed by atoms with Crippen molar-refractivity contribution in [1.29, 1.82) is 0 Å². The average molecular weight is 426 g/mol. The van der Waals surface area contributed by atoms with Crippen LogP contribution in [0, 0.1) is 5.82 Å². The van der Waals surface area contributed by atoms with Gasteiger partial charge in [0, 0.05) is 58.2 Å². The molecule has 0 atom stereocenters. The number of nitrogens with zero attached hydrogens (tertiary/aromatic N) is 2. The highest BCUT2D eigenvalue weighted by molar-refractivity contribution is 5.80. The zero-order valence-corrected chi connectivity index (χ0v) is 18.2. The third-order valence-electron chi connectivity index (χ3n) is 6.47. The number of ether oxygens (including phenoxy) is 2. The molecule has 2 aromatic carbocycles. The Balaban J connectivity index is 1.36. The normalized spacial score (nSPS) is 19.8. The number of rotatable bonds is 5. The van der Waals surface area contributed by atoms with Crippen LogP contribution in [0.5, 0.6) is 5.75 Å². The summed E-state index contributed by atoms with van der Waals surface area (Å²) in [6, 6.07) is 17.0. The van der Waals surface area contributed by atoms with Crippen LogP contribution < -0.4 is 10.1 Å². The minimum atomic E-state index is -0.187. The van der Waals surface area contributed by atoms with Gasteiger partial charge < -0.3 is 19.7 Å². The molecule has 2 saturated heterocycles. The Kier molecular flexibility index (Phi) is 7.07. The van der Waals surface area contributed by atoms with E-state index in [1.807, 2.05) is 43.4 Å². The van der Waals surface area contributed by atoms with Crippen LogP contribution in [0.3, 0.4) is 0 Å². The standard InChI is InChI=1S/C25H32FN3O2/c1-27-24(29-14-10-23(11-15-29)31-22-8-3-2-4-9-22)28-19-25(12-16-30-17-13-25)20-6-5-7-21(26)18-20/h2-9,18,23H,10-17,19H2,1H3,(H,27,28). The van der Waals surface area contributed by atoms with Gasteiger partial charge in [-0.05, 0) is 42.7 Å². The van der Waals surface area contributed by atoms with E-state index in [0.717, 1.165) is 56.0 Å². The summed E-state index contributed by atoms with van der Waals surface area (Å²) in [5.74, 6) is 1.65. The van der Waals surface area contributed by atoms with Crippen LogP contribution in [0.15, 0.2) is 59.6 Å². The number of para-hydroxylation sites is 1. The second-order valence-electron chi connectivity index (χ2n) is 8.42. The van der Waals surface area contributed by atoms with Crippen LogP contribution in [0.4, 0.5) is 4.39 Å². The molecule has 5 nitrogen and oxygen atoms in total. The Morgan fingerprint density at radius 3 is 2.55 bits per heavy atom. The monoisotopic (exact) mass is 425 g/mol. The fourth-order valence-electron chi connectivity index (χ4n) is 4.61. The molecule has 4 rings (SSSR count). The summed E-state index contributed by atoms with van der Waals surface area (Å²) in [7, 11) is 1.83. The third-order valence-corrected chi connectivity index (χ3v) is 6.47. The van der Waals surface area contributed by atoms with Crippen molar-refractivity contribution in [3.8, 4) is 5.75 Å². The number of likely N-dealkylation sites (tertiary alicyclic amines) is 1. The molecule has 0 bridgehead atoms. The van der Waals surface area contributed by atoms with Crippen LogP contribution in [0.25, 0.3) is 0 Å². The lowest BCUT2D eigenvalue weighted by atomic mass is 9.74. The molecule has 2 heterocycles. The van der Waals surface area contributed by atoms with Crippen LogP contribution in [0.1, 0.15) is 31.2 Å². The fourth-order valence-corrected chi connectivity index (χ4v) is 4.61. The SMILES string of the molecule is CN=C(NCC1(c2cccc(F)c2)CCOCC1)N1CCC(Oc2ccccc2)CC1. The van der Waals surface area contributed by atoms with E-state index in [2.05, 4.69) is 15.2 Å². The Bertz CT molecular complexity index is 860. The molecule has 2 fully saturated rings. The Morgan fingerprint density at radius 2 is 1.87 bits per heavy atom. The summed E-state index contributed by atoms with van der Waals surface area (Å²) in [5.41, 5.74) is 0.888. The van der Waals surface area contributed by atoms with E-state index in [1.165, 1.54) is 6.07 Å². The number of hydrogen-bond donors (Lipinski definition) is 1. The van der Waals surface area contributed by atoms with Gasteiger partial charge in [0.15, 0.2) is 5.96 Å². The molecule has 2 aliphatic heterocycles. The Morgan fingerprint density at radius 1 is 1.13 bits per heavy atom. The highest BCUT2D eigenvalue weighted by Crippen LogP contribution is 2.34. The van der Waals surface area contributed by atoms with E-state index >= 15 is 0 Å². The Labute approximate surface area is 184 Å². The molecule has 166 valence electrons. The molecule has 0 aliphatic carbocycles. The maximum absolute atomic E-state index is 13.9. The zero-order valence-electron chi connectivity index (χ0n) is 18.2. The summed E-state index contributed by atoms with van der Waals surface area (Å²) in [6.45, 7) is 3.89. The van der Waals surface area contributed by atoms with Gasteiger partial charge in [-0.15, -0.1) is 0 Å². The maximum Gasteiger partial charge on any atom is 0.193 e. The van der Waals surface area contributed by atoms with E-state index in [0.29, 0.717) is 19.8 Å². The van der Waals surface area contributed by atoms with Crippen molar-refractivity contribution in [3.05, 3.63) is 66.0 Å². The molecule has 31 heavy (non-hydrogen) atoms. The molecular weight excluding hydrogens is 393 g/mol. The molecule has 0 radical (unpaired) electrons. The van der Waals surface area contributed by atoms with Crippen molar-refractivity contribution in [2.24, 2.45) is 4.99 Å². The summed E-state index contributed by atoms with van der Waals surface area (Å²) in [5, 5.41) is 3.59. The van der Waals surface area contributed by atoms with Crippen LogP contribution in [0.2, 0.25) is 0 Å². The molecule has 2 aliphatic rings. The van der Waals surface area contributed by atoms with Gasteiger partial charge in [-0.2, -0.15) is 0 Å². The summed E-state index contributed by atoms with van der Waals surface area (Å²) < 4.78 is 25.7. The minimum Gasteiger partial charge on any atom is -0.490 e. The lowest BCUT2D eigenvalue weighted by Crippen LogP contribution is -2.51. The molecule has 2 aromatic rings. The number of hydrogen-bond acceptors (Lipinski definition) is 3. The van der Waals surface area contributed by atoms with Crippen molar-refractivity contribution in [2.45, 2.75) is 37.2 Å². The van der Waals surface area contributed by atoms with E-state index in [-0.39, 0.29) is 17.3 Å². The van der Waals surface area contributed by atoms with Gasteiger partial charge in [0.25, 0.3) is 0 Å². The summed E-state index contributed by atoms with van der Waals surface area (Å²) >= 11 is 0. The Hall–Kier alpha value is -2.60. The third kappa shape index (κ3) is 5.37.